The zero-order valence-electron chi connectivity index (χ0n) is 14.8. The number of amides is 1. The molecule has 1 amide bonds. The lowest BCUT2D eigenvalue weighted by Gasteiger charge is -2.38. The van der Waals surface area contributed by atoms with Gasteiger partial charge in [-0.1, -0.05) is 6.42 Å². The zero-order chi connectivity index (χ0) is 18.6. The Balaban J connectivity index is 1.58. The molecule has 1 aromatic heterocycles. The molecule has 1 aliphatic heterocycles. The van der Waals surface area contributed by atoms with E-state index in [0.717, 1.165) is 24.9 Å². The van der Waals surface area contributed by atoms with Gasteiger partial charge in [0.25, 0.3) is 5.91 Å². The smallest absolute Gasteiger partial charge is 0.254 e. The largest absolute Gasteiger partial charge is 0.508 e. The van der Waals surface area contributed by atoms with Crippen molar-refractivity contribution in [2.75, 3.05) is 13.1 Å². The van der Waals surface area contributed by atoms with Gasteiger partial charge in [-0.15, -0.1) is 0 Å². The molecule has 1 saturated heterocycles. The fourth-order valence-electron chi connectivity index (χ4n) is 4.48. The van der Waals surface area contributed by atoms with Crippen LogP contribution in [0.1, 0.15) is 36.0 Å². The molecule has 138 valence electrons. The first-order valence-corrected chi connectivity index (χ1v) is 9.30. The first-order chi connectivity index (χ1) is 13.0. The van der Waals surface area contributed by atoms with Gasteiger partial charge >= 0.3 is 0 Å². The number of H-pyrrole nitrogens is 1. The number of likely N-dealkylation sites (tertiary alicyclic amines) is 1. The predicted molar refractivity (Wildman–Crippen MR) is 100.0 cm³/mol. The number of fused-ring (bicyclic) bond motifs is 1. The predicted octanol–water partition coefficient (Wildman–Crippen LogP) is 4.09. The lowest BCUT2D eigenvalue weighted by atomic mass is 9.68. The summed E-state index contributed by atoms with van der Waals surface area (Å²) in [6.45, 7) is 1.57. The normalized spacial score (nSPS) is 18.2. The van der Waals surface area contributed by atoms with E-state index in [-0.39, 0.29) is 17.2 Å². The number of aromatic amines is 1. The summed E-state index contributed by atoms with van der Waals surface area (Å²) in [5.41, 5.74) is 2.32. The number of phenols is 1. The van der Waals surface area contributed by atoms with Crippen molar-refractivity contribution in [2.24, 2.45) is 5.41 Å². The summed E-state index contributed by atoms with van der Waals surface area (Å²) in [6, 6.07) is 7.38. The van der Waals surface area contributed by atoms with Crippen LogP contribution in [0.15, 0.2) is 36.5 Å². The molecule has 2 heterocycles. The number of phenolic OH excluding ortho intramolecular Hbond substituents is 1. The van der Waals surface area contributed by atoms with E-state index in [2.05, 4.69) is 10.2 Å². The molecule has 2 aliphatic rings. The number of nitrogens with one attached hydrogen (secondary N) is 1. The summed E-state index contributed by atoms with van der Waals surface area (Å²) in [5, 5.41) is 17.4. The fourth-order valence-corrected chi connectivity index (χ4v) is 4.48. The van der Waals surface area contributed by atoms with Gasteiger partial charge in [0.1, 0.15) is 11.6 Å². The molecule has 0 atom stereocenters. The van der Waals surface area contributed by atoms with E-state index in [4.69, 9.17) is 0 Å². The van der Waals surface area contributed by atoms with Crippen LogP contribution in [0.3, 0.4) is 0 Å². The van der Waals surface area contributed by atoms with E-state index in [1.807, 2.05) is 4.90 Å². The summed E-state index contributed by atoms with van der Waals surface area (Å²) in [7, 11) is 0. The summed E-state index contributed by atoms with van der Waals surface area (Å²) in [5.74, 6) is -0.498. The third kappa shape index (κ3) is 2.59. The van der Waals surface area contributed by atoms with Crippen molar-refractivity contribution in [2.45, 2.75) is 25.7 Å². The van der Waals surface area contributed by atoms with E-state index >= 15 is 0 Å². The van der Waals surface area contributed by atoms with Gasteiger partial charge in [0.15, 0.2) is 0 Å². The minimum atomic E-state index is -0.445. The maximum absolute atomic E-state index is 14.3. The molecule has 0 bridgehead atoms. The van der Waals surface area contributed by atoms with Crippen LogP contribution in [0.2, 0.25) is 0 Å². The molecule has 5 rings (SSSR count). The molecule has 0 unspecified atom stereocenters. The molecule has 27 heavy (non-hydrogen) atoms. The van der Waals surface area contributed by atoms with Crippen molar-refractivity contribution in [3.8, 4) is 16.9 Å². The maximum Gasteiger partial charge on any atom is 0.254 e. The molecule has 5 nitrogen and oxygen atoms in total. The number of carbonyl (C=O) groups excluding carboxylic acids is 1. The number of halogens is 1. The third-order valence-electron chi connectivity index (χ3n) is 6.19. The lowest BCUT2D eigenvalue weighted by molar-refractivity contribution is 0.0734. The van der Waals surface area contributed by atoms with Crippen LogP contribution < -0.4 is 0 Å². The van der Waals surface area contributed by atoms with E-state index in [1.54, 1.807) is 18.3 Å². The molecule has 2 fully saturated rings. The molecule has 1 spiro atoms. The molecule has 0 radical (unpaired) electrons. The summed E-state index contributed by atoms with van der Waals surface area (Å²) >= 11 is 0. The van der Waals surface area contributed by atoms with E-state index in [9.17, 15) is 14.3 Å². The minimum Gasteiger partial charge on any atom is -0.508 e. The van der Waals surface area contributed by atoms with Crippen LogP contribution >= 0.6 is 0 Å². The third-order valence-corrected chi connectivity index (χ3v) is 6.19. The van der Waals surface area contributed by atoms with E-state index < -0.39 is 5.82 Å². The monoisotopic (exact) mass is 365 g/mol. The molecule has 3 aromatic rings. The number of hydrogen-bond donors (Lipinski definition) is 2. The van der Waals surface area contributed by atoms with Crippen molar-refractivity contribution < 1.29 is 14.3 Å². The van der Waals surface area contributed by atoms with Gasteiger partial charge in [-0.3, -0.25) is 9.89 Å². The van der Waals surface area contributed by atoms with Gasteiger partial charge in [-0.05, 0) is 60.6 Å². The second-order valence-electron chi connectivity index (χ2n) is 7.85. The van der Waals surface area contributed by atoms with Crippen LogP contribution in [0.25, 0.3) is 22.0 Å². The number of aromatic nitrogens is 2. The van der Waals surface area contributed by atoms with E-state index in [0.29, 0.717) is 22.1 Å². The molecule has 2 aromatic carbocycles. The molecule has 1 aliphatic carbocycles. The van der Waals surface area contributed by atoms with Crippen LogP contribution in [-0.4, -0.2) is 39.2 Å². The minimum absolute atomic E-state index is 0.0181. The van der Waals surface area contributed by atoms with Gasteiger partial charge in [-0.2, -0.15) is 5.10 Å². The Labute approximate surface area is 155 Å². The topological polar surface area (TPSA) is 69.2 Å². The SMILES string of the molecule is O=C(c1cc(-c2cc(O)ccc2F)cc2[nH]ncc12)N1CCC2(CCC2)C1. The number of aromatic hydroxyl groups is 1. The number of rotatable bonds is 2. The molecule has 2 N–H and O–H groups in total. The second kappa shape index (κ2) is 5.81. The average Bonchev–Trinajstić information content (AvgIpc) is 3.29. The van der Waals surface area contributed by atoms with Crippen molar-refractivity contribution in [3.63, 3.8) is 0 Å². The van der Waals surface area contributed by atoms with Crippen molar-refractivity contribution >= 4 is 16.8 Å². The number of carbonyl (C=O) groups is 1. The summed E-state index contributed by atoms with van der Waals surface area (Å²) in [6.07, 6.45) is 6.35. The van der Waals surface area contributed by atoms with Crippen LogP contribution in [0.4, 0.5) is 4.39 Å². The van der Waals surface area contributed by atoms with Crippen LogP contribution in [-0.2, 0) is 0 Å². The quantitative estimate of drug-likeness (QED) is 0.719. The highest BCUT2D eigenvalue weighted by molar-refractivity contribution is 6.08. The van der Waals surface area contributed by atoms with Gasteiger partial charge in [0.05, 0.1) is 17.3 Å². The highest BCUT2D eigenvalue weighted by Gasteiger charge is 2.44. The van der Waals surface area contributed by atoms with Gasteiger partial charge in [0, 0.05) is 24.0 Å². The Morgan fingerprint density at radius 3 is 2.81 bits per heavy atom. The van der Waals surface area contributed by atoms with Crippen molar-refractivity contribution in [3.05, 3.63) is 47.9 Å². The average molecular weight is 365 g/mol. The van der Waals surface area contributed by atoms with Gasteiger partial charge in [-0.25, -0.2) is 4.39 Å². The number of hydrogen-bond acceptors (Lipinski definition) is 3. The Kier molecular flexibility index (Phi) is 3.50. The van der Waals surface area contributed by atoms with Crippen LogP contribution in [0.5, 0.6) is 5.75 Å². The Hall–Kier alpha value is -2.89. The van der Waals surface area contributed by atoms with Gasteiger partial charge < -0.3 is 10.0 Å². The first-order valence-electron chi connectivity index (χ1n) is 9.30. The first kappa shape index (κ1) is 16.3. The standard InChI is InChI=1S/C21H20FN3O2/c22-18-3-2-14(26)10-15(18)13-8-16(17-11-23-24-19(17)9-13)20(27)25-7-6-21(12-25)4-1-5-21/h2-3,8-11,26H,1,4-7,12H2,(H,23,24). The zero-order valence-corrected chi connectivity index (χ0v) is 14.8. The van der Waals surface area contributed by atoms with Crippen molar-refractivity contribution in [1.82, 2.24) is 15.1 Å². The van der Waals surface area contributed by atoms with Gasteiger partial charge in [0.2, 0.25) is 0 Å². The fraction of sp³-hybridized carbons (Fsp3) is 0.333. The molecule has 1 saturated carbocycles. The highest BCUT2D eigenvalue weighted by Crippen LogP contribution is 2.48. The lowest BCUT2D eigenvalue weighted by Crippen LogP contribution is -2.35. The Morgan fingerprint density at radius 2 is 2.07 bits per heavy atom. The summed E-state index contributed by atoms with van der Waals surface area (Å²) < 4.78 is 14.3. The molecular weight excluding hydrogens is 345 g/mol. The number of benzene rings is 2. The molecular formula is C21H20FN3O2. The van der Waals surface area contributed by atoms with E-state index in [1.165, 1.54) is 37.5 Å². The number of nitrogens with zero attached hydrogens (tertiary/aromatic N) is 2. The highest BCUT2D eigenvalue weighted by atomic mass is 19.1. The Bertz CT molecular complexity index is 1050. The summed E-state index contributed by atoms with van der Waals surface area (Å²) in [4.78, 5) is 15.2. The second-order valence-corrected chi connectivity index (χ2v) is 7.85. The molecule has 6 heteroatoms. The van der Waals surface area contributed by atoms with Crippen LogP contribution in [0, 0.1) is 11.2 Å². The maximum atomic E-state index is 14.3. The van der Waals surface area contributed by atoms with Crippen molar-refractivity contribution in [1.29, 1.82) is 0 Å². The Morgan fingerprint density at radius 1 is 1.22 bits per heavy atom.